The molecular formula is C16H25ClN2OS. The Morgan fingerprint density at radius 1 is 1.43 bits per heavy atom. The summed E-state index contributed by atoms with van der Waals surface area (Å²) in [7, 11) is 1.98. The van der Waals surface area contributed by atoms with E-state index in [1.54, 1.807) is 11.8 Å². The fourth-order valence-electron chi connectivity index (χ4n) is 2.89. The van der Waals surface area contributed by atoms with Crippen LogP contribution >= 0.6 is 24.2 Å². The van der Waals surface area contributed by atoms with Crippen LogP contribution in [0, 0.1) is 5.92 Å². The lowest BCUT2D eigenvalue weighted by molar-refractivity contribution is -0.132. The fraction of sp³-hybridized carbons (Fsp3) is 0.562. The van der Waals surface area contributed by atoms with E-state index < -0.39 is 0 Å². The zero-order chi connectivity index (χ0) is 14.4. The minimum Gasteiger partial charge on any atom is -0.341 e. The fourth-order valence-corrected chi connectivity index (χ4v) is 3.67. The van der Waals surface area contributed by atoms with Crippen molar-refractivity contribution < 1.29 is 4.79 Å². The second kappa shape index (κ2) is 9.34. The van der Waals surface area contributed by atoms with Crippen LogP contribution < -0.4 is 5.32 Å². The number of halogens is 1. The molecule has 1 N–H and O–H groups in total. The van der Waals surface area contributed by atoms with Crippen molar-refractivity contribution in [2.75, 3.05) is 32.9 Å². The van der Waals surface area contributed by atoms with Crippen molar-refractivity contribution >= 4 is 30.1 Å². The maximum Gasteiger partial charge on any atom is 0.240 e. The lowest BCUT2D eigenvalue weighted by Gasteiger charge is -2.34. The number of benzene rings is 1. The second-order valence-electron chi connectivity index (χ2n) is 5.38. The number of likely N-dealkylation sites (tertiary alicyclic amines) is 1. The molecule has 0 aromatic heterocycles. The number of amides is 1. The van der Waals surface area contributed by atoms with Crippen molar-refractivity contribution in [3.8, 4) is 0 Å². The predicted octanol–water partition coefficient (Wildman–Crippen LogP) is 2.97. The predicted molar refractivity (Wildman–Crippen MR) is 93.2 cm³/mol. The largest absolute Gasteiger partial charge is 0.341 e. The van der Waals surface area contributed by atoms with Gasteiger partial charge in [0.25, 0.3) is 0 Å². The summed E-state index contributed by atoms with van der Waals surface area (Å²) in [6.07, 6.45) is 4.36. The lowest BCUT2D eigenvalue weighted by Crippen LogP contribution is -2.44. The zero-order valence-electron chi connectivity index (χ0n) is 12.7. The minimum atomic E-state index is -0.0652. The van der Waals surface area contributed by atoms with Gasteiger partial charge in [-0.2, -0.15) is 0 Å². The molecule has 0 radical (unpaired) electrons. The first-order valence-electron chi connectivity index (χ1n) is 7.27. The van der Waals surface area contributed by atoms with Gasteiger partial charge in [-0.3, -0.25) is 4.79 Å². The van der Waals surface area contributed by atoms with E-state index in [0.717, 1.165) is 31.6 Å². The van der Waals surface area contributed by atoms with Gasteiger partial charge in [0.2, 0.25) is 5.91 Å². The average molecular weight is 329 g/mol. The summed E-state index contributed by atoms with van der Waals surface area (Å²) in [5, 5.41) is 3.16. The van der Waals surface area contributed by atoms with E-state index in [9.17, 15) is 4.79 Å². The standard InChI is InChI=1S/C16H24N2OS.ClH/c1-17-11-13-7-6-10-18(12-13)16(19)15(20-2)14-8-4-3-5-9-14;/h3-5,8-9,13,15,17H,6-7,10-12H2,1-2H3;1H. The number of nitrogens with one attached hydrogen (secondary N) is 1. The van der Waals surface area contributed by atoms with Crippen LogP contribution in [0.1, 0.15) is 23.7 Å². The number of hydrogen-bond donors (Lipinski definition) is 1. The number of hydrogen-bond acceptors (Lipinski definition) is 3. The molecule has 1 aromatic carbocycles. The number of rotatable bonds is 5. The van der Waals surface area contributed by atoms with Crippen LogP contribution in [-0.4, -0.2) is 43.7 Å². The summed E-state index contributed by atoms with van der Waals surface area (Å²) in [6, 6.07) is 10.1. The minimum absolute atomic E-state index is 0. The normalized spacial score (nSPS) is 19.7. The number of nitrogens with zero attached hydrogens (tertiary/aromatic N) is 1. The lowest BCUT2D eigenvalue weighted by atomic mass is 9.97. The van der Waals surface area contributed by atoms with Crippen molar-refractivity contribution in [3.63, 3.8) is 0 Å². The highest BCUT2D eigenvalue weighted by Crippen LogP contribution is 2.30. The summed E-state index contributed by atoms with van der Waals surface area (Å²) in [6.45, 7) is 2.80. The van der Waals surface area contributed by atoms with Crippen LogP contribution in [0.3, 0.4) is 0 Å². The molecule has 1 aliphatic heterocycles. The third-order valence-electron chi connectivity index (χ3n) is 3.89. The van der Waals surface area contributed by atoms with E-state index in [4.69, 9.17) is 0 Å². The molecule has 21 heavy (non-hydrogen) atoms. The molecule has 1 aromatic rings. The molecule has 0 spiro atoms. The first kappa shape index (κ1) is 18.3. The summed E-state index contributed by atoms with van der Waals surface area (Å²) in [4.78, 5) is 14.8. The van der Waals surface area contributed by atoms with Crippen LogP contribution in [0.2, 0.25) is 0 Å². The van der Waals surface area contributed by atoms with Gasteiger partial charge in [-0.25, -0.2) is 0 Å². The monoisotopic (exact) mass is 328 g/mol. The number of piperidine rings is 1. The van der Waals surface area contributed by atoms with E-state index in [0.29, 0.717) is 5.92 Å². The molecule has 1 heterocycles. The van der Waals surface area contributed by atoms with Crippen molar-refractivity contribution in [2.45, 2.75) is 18.1 Å². The van der Waals surface area contributed by atoms with Crippen molar-refractivity contribution in [1.29, 1.82) is 0 Å². The summed E-state index contributed by atoms with van der Waals surface area (Å²) < 4.78 is 0. The molecule has 3 nitrogen and oxygen atoms in total. The Labute approximate surface area is 138 Å². The summed E-state index contributed by atoms with van der Waals surface area (Å²) in [5.41, 5.74) is 1.11. The zero-order valence-corrected chi connectivity index (χ0v) is 14.4. The molecule has 1 aliphatic rings. The molecule has 1 amide bonds. The van der Waals surface area contributed by atoms with E-state index in [1.807, 2.05) is 43.6 Å². The first-order chi connectivity index (χ1) is 9.76. The first-order valence-corrected chi connectivity index (χ1v) is 8.56. The van der Waals surface area contributed by atoms with E-state index in [1.165, 1.54) is 6.42 Å². The highest BCUT2D eigenvalue weighted by molar-refractivity contribution is 7.99. The Morgan fingerprint density at radius 3 is 2.76 bits per heavy atom. The van der Waals surface area contributed by atoms with Crippen molar-refractivity contribution in [3.05, 3.63) is 35.9 Å². The van der Waals surface area contributed by atoms with Gasteiger partial charge >= 0.3 is 0 Å². The van der Waals surface area contributed by atoms with Crippen LogP contribution in [0.4, 0.5) is 0 Å². The Bertz CT molecular complexity index is 428. The summed E-state index contributed by atoms with van der Waals surface area (Å²) >= 11 is 1.63. The van der Waals surface area contributed by atoms with E-state index >= 15 is 0 Å². The third kappa shape index (κ3) is 4.90. The van der Waals surface area contributed by atoms with Gasteiger partial charge in [-0.15, -0.1) is 24.2 Å². The molecule has 0 saturated carbocycles. The smallest absolute Gasteiger partial charge is 0.240 e. The number of carbonyl (C=O) groups excluding carboxylic acids is 1. The maximum absolute atomic E-state index is 12.8. The highest BCUT2D eigenvalue weighted by Gasteiger charge is 2.29. The molecule has 1 saturated heterocycles. The van der Waals surface area contributed by atoms with Crippen molar-refractivity contribution in [2.24, 2.45) is 5.92 Å². The molecular weight excluding hydrogens is 304 g/mol. The molecule has 118 valence electrons. The second-order valence-corrected chi connectivity index (χ2v) is 6.32. The van der Waals surface area contributed by atoms with Gasteiger partial charge in [-0.05, 0) is 44.2 Å². The van der Waals surface area contributed by atoms with Gasteiger partial charge in [0.05, 0.1) is 0 Å². The Balaban J connectivity index is 0.00000220. The third-order valence-corrected chi connectivity index (χ3v) is 4.83. The molecule has 2 rings (SSSR count). The summed E-state index contributed by atoms with van der Waals surface area (Å²) in [5.74, 6) is 0.862. The molecule has 0 bridgehead atoms. The molecule has 0 aliphatic carbocycles. The number of thioether (sulfide) groups is 1. The Kier molecular flexibility index (Phi) is 8.15. The molecule has 5 heteroatoms. The van der Waals surface area contributed by atoms with Crippen LogP contribution in [0.15, 0.2) is 30.3 Å². The Morgan fingerprint density at radius 2 is 2.14 bits per heavy atom. The molecule has 2 unspecified atom stereocenters. The van der Waals surface area contributed by atoms with Gasteiger partial charge in [0, 0.05) is 13.1 Å². The van der Waals surface area contributed by atoms with Gasteiger partial charge < -0.3 is 10.2 Å². The van der Waals surface area contributed by atoms with Gasteiger partial charge in [0.1, 0.15) is 5.25 Å². The van der Waals surface area contributed by atoms with Crippen LogP contribution in [0.25, 0.3) is 0 Å². The van der Waals surface area contributed by atoms with E-state index in [-0.39, 0.29) is 23.6 Å². The number of carbonyl (C=O) groups is 1. The van der Waals surface area contributed by atoms with Crippen LogP contribution in [0.5, 0.6) is 0 Å². The molecule has 2 atom stereocenters. The maximum atomic E-state index is 12.8. The SMILES string of the molecule is CNCC1CCCN(C(=O)C(SC)c2ccccc2)C1.Cl. The van der Waals surface area contributed by atoms with Crippen LogP contribution in [-0.2, 0) is 4.79 Å². The van der Waals surface area contributed by atoms with Gasteiger partial charge in [-0.1, -0.05) is 30.3 Å². The molecule has 1 fully saturated rings. The van der Waals surface area contributed by atoms with Gasteiger partial charge in [0.15, 0.2) is 0 Å². The quantitative estimate of drug-likeness (QED) is 0.902. The topological polar surface area (TPSA) is 32.3 Å². The highest BCUT2D eigenvalue weighted by atomic mass is 35.5. The van der Waals surface area contributed by atoms with E-state index in [2.05, 4.69) is 10.2 Å². The average Bonchev–Trinajstić information content (AvgIpc) is 2.50. The van der Waals surface area contributed by atoms with Crippen molar-refractivity contribution in [1.82, 2.24) is 10.2 Å². The Hall–Kier alpha value is -0.710.